The molecule has 0 radical (unpaired) electrons. The molecule has 0 fully saturated rings. The van der Waals surface area contributed by atoms with E-state index in [1.807, 2.05) is 25.2 Å². The van der Waals surface area contributed by atoms with Crippen LogP contribution in [0, 0.1) is 0 Å². The summed E-state index contributed by atoms with van der Waals surface area (Å²) in [7, 11) is 1.83. The van der Waals surface area contributed by atoms with Crippen molar-refractivity contribution in [2.24, 2.45) is 11.6 Å². The third kappa shape index (κ3) is 3.92. The fourth-order valence-corrected chi connectivity index (χ4v) is 1.84. The zero-order chi connectivity index (χ0) is 12.1. The van der Waals surface area contributed by atoms with Crippen LogP contribution in [0.1, 0.15) is 12.0 Å². The Labute approximate surface area is 106 Å². The van der Waals surface area contributed by atoms with Crippen molar-refractivity contribution < 1.29 is 0 Å². The van der Waals surface area contributed by atoms with Crippen LogP contribution in [-0.4, -0.2) is 24.6 Å². The second-order valence-corrected chi connectivity index (χ2v) is 4.66. The smallest absolute Gasteiger partial charge is 0.0595 e. The van der Waals surface area contributed by atoms with Crippen LogP contribution >= 0.6 is 23.2 Å². The predicted molar refractivity (Wildman–Crippen MR) is 69.6 cm³/mol. The lowest BCUT2D eigenvalue weighted by atomic mass is 10.1. The van der Waals surface area contributed by atoms with Crippen molar-refractivity contribution in [3.05, 3.63) is 33.8 Å². The number of nitrogens with two attached hydrogens (primary N) is 2. The number of hydrogen-bond donors (Lipinski definition) is 2. The molecule has 0 heterocycles. The molecule has 1 aromatic rings. The van der Waals surface area contributed by atoms with E-state index in [9.17, 15) is 0 Å². The lowest BCUT2D eigenvalue weighted by molar-refractivity contribution is 0.242. The van der Waals surface area contributed by atoms with Gasteiger partial charge in [-0.2, -0.15) is 0 Å². The molecular formula is C11H17Cl2N3. The van der Waals surface area contributed by atoms with Crippen molar-refractivity contribution in [3.63, 3.8) is 0 Å². The zero-order valence-corrected chi connectivity index (χ0v) is 10.8. The van der Waals surface area contributed by atoms with Crippen LogP contribution in [-0.2, 0) is 6.42 Å². The summed E-state index contributed by atoms with van der Waals surface area (Å²) >= 11 is 11.8. The highest BCUT2D eigenvalue weighted by Crippen LogP contribution is 2.23. The fourth-order valence-electron chi connectivity index (χ4n) is 1.52. The topological polar surface area (TPSA) is 55.3 Å². The van der Waals surface area contributed by atoms with Gasteiger partial charge in [0.25, 0.3) is 0 Å². The molecule has 0 aromatic heterocycles. The van der Waals surface area contributed by atoms with Crippen LogP contribution in [0.2, 0.25) is 10.0 Å². The Bertz CT molecular complexity index is 342. The predicted octanol–water partition coefficient (Wildman–Crippen LogP) is 2.06. The molecule has 0 aliphatic carbocycles. The van der Waals surface area contributed by atoms with Gasteiger partial charge in [0.2, 0.25) is 0 Å². The number of benzene rings is 1. The zero-order valence-electron chi connectivity index (χ0n) is 9.29. The Hall–Kier alpha value is -0.320. The second kappa shape index (κ2) is 6.42. The van der Waals surface area contributed by atoms with E-state index in [0.29, 0.717) is 16.6 Å². The number of nitrogens with zero attached hydrogens (tertiary/aromatic N) is 1. The fraction of sp³-hybridized carbons (Fsp3) is 0.455. The third-order valence-electron chi connectivity index (χ3n) is 2.60. The van der Waals surface area contributed by atoms with Crippen LogP contribution in [0.5, 0.6) is 0 Å². The van der Waals surface area contributed by atoms with Gasteiger partial charge in [-0.1, -0.05) is 29.3 Å². The van der Waals surface area contributed by atoms with Crippen molar-refractivity contribution in [1.82, 2.24) is 5.01 Å². The Morgan fingerprint density at radius 3 is 2.50 bits per heavy atom. The SMILES string of the molecule is CN(N)C(CN)CCc1ccc(Cl)c(Cl)c1. The van der Waals surface area contributed by atoms with Gasteiger partial charge in [-0.15, -0.1) is 0 Å². The molecule has 0 aliphatic rings. The summed E-state index contributed by atoms with van der Waals surface area (Å²) in [6.45, 7) is 0.550. The molecule has 0 spiro atoms. The lowest BCUT2D eigenvalue weighted by Crippen LogP contribution is -2.42. The maximum absolute atomic E-state index is 5.93. The van der Waals surface area contributed by atoms with Crippen LogP contribution in [0.25, 0.3) is 0 Å². The minimum atomic E-state index is 0.189. The number of halogens is 2. The number of likely N-dealkylation sites (N-methyl/N-ethyl adjacent to an activating group) is 1. The molecule has 0 amide bonds. The van der Waals surface area contributed by atoms with Crippen molar-refractivity contribution in [1.29, 1.82) is 0 Å². The molecule has 1 rings (SSSR count). The van der Waals surface area contributed by atoms with Gasteiger partial charge in [0.1, 0.15) is 0 Å². The first kappa shape index (κ1) is 13.7. The van der Waals surface area contributed by atoms with Crippen LogP contribution < -0.4 is 11.6 Å². The van der Waals surface area contributed by atoms with Gasteiger partial charge >= 0.3 is 0 Å². The summed E-state index contributed by atoms with van der Waals surface area (Å²) in [6, 6.07) is 5.85. The quantitative estimate of drug-likeness (QED) is 0.630. The number of rotatable bonds is 5. The molecule has 3 nitrogen and oxygen atoms in total. The van der Waals surface area contributed by atoms with E-state index in [1.165, 1.54) is 0 Å². The van der Waals surface area contributed by atoms with Crippen molar-refractivity contribution in [2.75, 3.05) is 13.6 Å². The molecule has 0 saturated heterocycles. The van der Waals surface area contributed by atoms with Gasteiger partial charge in [0.05, 0.1) is 10.0 Å². The molecular weight excluding hydrogens is 245 g/mol. The first-order valence-corrected chi connectivity index (χ1v) is 5.91. The highest BCUT2D eigenvalue weighted by Gasteiger charge is 2.10. The largest absolute Gasteiger partial charge is 0.329 e. The summed E-state index contributed by atoms with van der Waals surface area (Å²) < 4.78 is 0. The molecule has 5 heteroatoms. The summed E-state index contributed by atoms with van der Waals surface area (Å²) in [5.74, 6) is 5.67. The molecule has 1 aromatic carbocycles. The van der Waals surface area contributed by atoms with E-state index in [2.05, 4.69) is 0 Å². The van der Waals surface area contributed by atoms with Gasteiger partial charge in [0.15, 0.2) is 0 Å². The Morgan fingerprint density at radius 1 is 1.31 bits per heavy atom. The lowest BCUT2D eigenvalue weighted by Gasteiger charge is -2.21. The van der Waals surface area contributed by atoms with E-state index < -0.39 is 0 Å². The van der Waals surface area contributed by atoms with E-state index in [-0.39, 0.29) is 6.04 Å². The summed E-state index contributed by atoms with van der Waals surface area (Å²) in [5, 5.41) is 2.82. The highest BCUT2D eigenvalue weighted by atomic mass is 35.5. The molecule has 0 bridgehead atoms. The van der Waals surface area contributed by atoms with Crippen molar-refractivity contribution >= 4 is 23.2 Å². The van der Waals surface area contributed by atoms with Gasteiger partial charge < -0.3 is 5.73 Å². The van der Waals surface area contributed by atoms with E-state index >= 15 is 0 Å². The molecule has 1 atom stereocenters. The maximum atomic E-state index is 5.93. The molecule has 90 valence electrons. The van der Waals surface area contributed by atoms with Crippen molar-refractivity contribution in [3.8, 4) is 0 Å². The number of hydrazine groups is 1. The van der Waals surface area contributed by atoms with Crippen LogP contribution in [0.3, 0.4) is 0 Å². The molecule has 1 unspecified atom stereocenters. The average molecular weight is 262 g/mol. The molecule has 16 heavy (non-hydrogen) atoms. The summed E-state index contributed by atoms with van der Waals surface area (Å²) in [6.07, 6.45) is 1.79. The van der Waals surface area contributed by atoms with E-state index in [1.54, 1.807) is 5.01 Å². The van der Waals surface area contributed by atoms with E-state index in [4.69, 9.17) is 34.8 Å². The van der Waals surface area contributed by atoms with Crippen LogP contribution in [0.15, 0.2) is 18.2 Å². The first-order chi connectivity index (χ1) is 7.54. The van der Waals surface area contributed by atoms with Crippen molar-refractivity contribution in [2.45, 2.75) is 18.9 Å². The average Bonchev–Trinajstić information content (AvgIpc) is 2.23. The maximum Gasteiger partial charge on any atom is 0.0595 e. The minimum absolute atomic E-state index is 0.189. The van der Waals surface area contributed by atoms with Gasteiger partial charge in [0, 0.05) is 19.6 Å². The summed E-state index contributed by atoms with van der Waals surface area (Å²) in [4.78, 5) is 0. The Balaban J connectivity index is 2.57. The Morgan fingerprint density at radius 2 is 2.00 bits per heavy atom. The van der Waals surface area contributed by atoms with Gasteiger partial charge in [-0.05, 0) is 30.5 Å². The minimum Gasteiger partial charge on any atom is -0.329 e. The molecule has 0 saturated carbocycles. The van der Waals surface area contributed by atoms with E-state index in [0.717, 1.165) is 18.4 Å². The standard InChI is InChI=1S/C11H17Cl2N3/c1-16(15)9(7-14)4-2-8-3-5-10(12)11(13)6-8/h3,5-6,9H,2,4,7,14-15H2,1H3. The number of hydrogen-bond acceptors (Lipinski definition) is 3. The molecule has 4 N–H and O–H groups in total. The highest BCUT2D eigenvalue weighted by molar-refractivity contribution is 6.42. The molecule has 0 aliphatic heterocycles. The third-order valence-corrected chi connectivity index (χ3v) is 3.34. The van der Waals surface area contributed by atoms with Gasteiger partial charge in [-0.3, -0.25) is 5.84 Å². The van der Waals surface area contributed by atoms with Crippen LogP contribution in [0.4, 0.5) is 0 Å². The number of aryl methyl sites for hydroxylation is 1. The first-order valence-electron chi connectivity index (χ1n) is 5.16. The second-order valence-electron chi connectivity index (χ2n) is 3.84. The normalized spacial score (nSPS) is 13.1. The Kier molecular flexibility index (Phi) is 5.52. The van der Waals surface area contributed by atoms with Gasteiger partial charge in [-0.25, -0.2) is 5.01 Å². The monoisotopic (exact) mass is 261 g/mol. The summed E-state index contributed by atoms with van der Waals surface area (Å²) in [5.41, 5.74) is 6.77.